The first-order valence-electron chi connectivity index (χ1n) is 31.6. The smallest absolute Gasteiger partial charge is 0.0547 e. The molecule has 0 atom stereocenters. The molecule has 0 spiro atoms. The van der Waals surface area contributed by atoms with E-state index in [4.69, 9.17) is 0 Å². The number of anilines is 3. The summed E-state index contributed by atoms with van der Waals surface area (Å²) in [6, 6.07) is 121. The monoisotopic (exact) mass is 1160 g/mol. The Labute approximate surface area is 528 Å². The van der Waals surface area contributed by atoms with Crippen LogP contribution in [0.4, 0.5) is 17.1 Å². The van der Waals surface area contributed by atoms with Gasteiger partial charge in [0.2, 0.25) is 0 Å². The number of fused-ring (bicyclic) bond motifs is 12. The van der Waals surface area contributed by atoms with Crippen molar-refractivity contribution in [3.05, 3.63) is 339 Å². The van der Waals surface area contributed by atoms with E-state index in [0.29, 0.717) is 0 Å². The molecule has 0 saturated carbocycles. The number of benzene rings is 14. The molecule has 0 bridgehead atoms. The van der Waals surface area contributed by atoms with E-state index in [1.807, 2.05) is 0 Å². The highest BCUT2D eigenvalue weighted by molar-refractivity contribution is 6.13. The summed E-state index contributed by atoms with van der Waals surface area (Å²) < 4.78 is 7.18. The van der Waals surface area contributed by atoms with Gasteiger partial charge in [-0.2, -0.15) is 0 Å². The highest BCUT2D eigenvalue weighted by Crippen LogP contribution is 2.52. The van der Waals surface area contributed by atoms with Gasteiger partial charge in [-0.1, -0.05) is 220 Å². The molecule has 0 aliphatic heterocycles. The second-order valence-corrected chi connectivity index (χ2v) is 24.9. The molecule has 0 fully saturated rings. The van der Waals surface area contributed by atoms with Crippen LogP contribution in [0.1, 0.15) is 25.0 Å². The highest BCUT2D eigenvalue weighted by Gasteiger charge is 2.36. The molecule has 428 valence electrons. The second kappa shape index (κ2) is 20.7. The van der Waals surface area contributed by atoms with Crippen molar-refractivity contribution in [2.75, 3.05) is 4.90 Å². The molecule has 0 amide bonds. The first-order valence-corrected chi connectivity index (χ1v) is 31.6. The van der Waals surface area contributed by atoms with Crippen molar-refractivity contribution in [2.45, 2.75) is 19.3 Å². The topological polar surface area (TPSA) is 18.0 Å². The van der Waals surface area contributed by atoms with Gasteiger partial charge >= 0.3 is 0 Å². The van der Waals surface area contributed by atoms with Crippen molar-refractivity contribution in [2.24, 2.45) is 0 Å². The summed E-state index contributed by atoms with van der Waals surface area (Å²) in [4.78, 5) is 2.43. The third-order valence-corrected chi connectivity index (χ3v) is 19.5. The van der Waals surface area contributed by atoms with Crippen molar-refractivity contribution in [3.8, 4) is 72.7 Å². The first-order chi connectivity index (χ1) is 44.9. The summed E-state index contributed by atoms with van der Waals surface area (Å²) in [5.41, 5.74) is 28.4. The van der Waals surface area contributed by atoms with E-state index < -0.39 is 0 Å². The van der Waals surface area contributed by atoms with Gasteiger partial charge in [0.1, 0.15) is 0 Å². The maximum Gasteiger partial charge on any atom is 0.0547 e. The molecule has 4 heteroatoms. The maximum atomic E-state index is 2.45. The van der Waals surface area contributed by atoms with Gasteiger partial charge in [-0.15, -0.1) is 0 Å². The molecule has 0 N–H and O–H groups in total. The molecule has 0 unspecified atom stereocenters. The van der Waals surface area contributed by atoms with E-state index in [1.165, 1.54) is 127 Å². The summed E-state index contributed by atoms with van der Waals surface area (Å²) in [6.45, 7) is 4.80. The van der Waals surface area contributed by atoms with E-state index in [-0.39, 0.29) is 5.41 Å². The van der Waals surface area contributed by atoms with Crippen LogP contribution in [0.2, 0.25) is 0 Å². The second-order valence-electron chi connectivity index (χ2n) is 24.9. The van der Waals surface area contributed by atoms with Crippen molar-refractivity contribution in [1.82, 2.24) is 13.7 Å². The van der Waals surface area contributed by atoms with Gasteiger partial charge < -0.3 is 18.6 Å². The van der Waals surface area contributed by atoms with Gasteiger partial charge in [0, 0.05) is 71.9 Å². The quantitative estimate of drug-likeness (QED) is 0.133. The fourth-order valence-corrected chi connectivity index (χ4v) is 15.0. The maximum absolute atomic E-state index is 2.45. The van der Waals surface area contributed by atoms with Gasteiger partial charge in [0.15, 0.2) is 0 Å². The van der Waals surface area contributed by atoms with Crippen LogP contribution in [0.5, 0.6) is 0 Å². The van der Waals surface area contributed by atoms with Gasteiger partial charge in [-0.25, -0.2) is 0 Å². The average molecular weight is 1160 g/mol. The summed E-state index contributed by atoms with van der Waals surface area (Å²) in [6.07, 6.45) is 0. The third kappa shape index (κ3) is 8.44. The summed E-state index contributed by atoms with van der Waals surface area (Å²) in [5, 5.41) is 7.52. The lowest BCUT2D eigenvalue weighted by molar-refractivity contribution is 0.660. The Balaban J connectivity index is 0.704. The van der Waals surface area contributed by atoms with E-state index in [2.05, 4.69) is 360 Å². The van der Waals surface area contributed by atoms with Gasteiger partial charge in [-0.3, -0.25) is 0 Å². The molecular weight excluding hydrogens is 1100 g/mol. The predicted octanol–water partition coefficient (Wildman–Crippen LogP) is 23.4. The Morgan fingerprint density at radius 1 is 0.220 bits per heavy atom. The standard InChI is InChI=1S/C87H60N4/c1-87(2)79-53-62(64-40-49-77-74-25-13-16-28-82(74)91(86(77)55-64)67-22-10-5-11-23-67)38-47-71(79)72-50-46-70(56-80(72)87)88(69-44-36-60(37-45-69)63-39-48-76-73-24-12-15-27-81(73)90(85(76)54-63)66-20-8-4-9-21-66)68-42-34-58(35-43-68)57-30-32-59(33-31-57)61-41-51-84-78(52-61)75-26-14-17-29-83(75)89(84)65-18-6-3-7-19-65/h3-56H,1-2H3. The van der Waals surface area contributed by atoms with Crippen LogP contribution in [0.15, 0.2) is 328 Å². The van der Waals surface area contributed by atoms with E-state index >= 15 is 0 Å². The van der Waals surface area contributed by atoms with Crippen LogP contribution in [-0.2, 0) is 5.41 Å². The Kier molecular flexibility index (Phi) is 11.9. The van der Waals surface area contributed by atoms with Gasteiger partial charge in [0.25, 0.3) is 0 Å². The van der Waals surface area contributed by atoms with Crippen LogP contribution in [0, 0.1) is 0 Å². The van der Waals surface area contributed by atoms with Crippen molar-refractivity contribution in [1.29, 1.82) is 0 Å². The SMILES string of the molecule is CC1(C)c2cc(-c3ccc4c5ccccc5n(-c5ccccc5)c4c3)ccc2-c2ccc(N(c3ccc(-c4ccc(-c5ccc6c(c5)c5ccccc5n6-c5ccccc5)cc4)cc3)c3ccc(-c4ccc5c6ccccc6n(-c6ccccc6)c5c4)cc3)cc21. The zero-order chi connectivity index (χ0) is 60.3. The predicted molar refractivity (Wildman–Crippen MR) is 383 cm³/mol. The van der Waals surface area contributed by atoms with E-state index in [0.717, 1.165) is 39.6 Å². The molecule has 91 heavy (non-hydrogen) atoms. The Hall–Kier alpha value is -11.7. The van der Waals surface area contributed by atoms with Crippen molar-refractivity contribution < 1.29 is 0 Å². The van der Waals surface area contributed by atoms with E-state index in [9.17, 15) is 0 Å². The van der Waals surface area contributed by atoms with Crippen molar-refractivity contribution >= 4 is 82.5 Å². The molecular formula is C87H60N4. The number of hydrogen-bond donors (Lipinski definition) is 0. The molecule has 0 radical (unpaired) electrons. The lowest BCUT2D eigenvalue weighted by atomic mass is 9.81. The zero-order valence-corrected chi connectivity index (χ0v) is 50.5. The molecule has 0 saturated heterocycles. The minimum atomic E-state index is -0.279. The lowest BCUT2D eigenvalue weighted by Gasteiger charge is -2.28. The van der Waals surface area contributed by atoms with Gasteiger partial charge in [0.05, 0.1) is 33.1 Å². The number of aromatic nitrogens is 3. The Morgan fingerprint density at radius 3 is 1.02 bits per heavy atom. The summed E-state index contributed by atoms with van der Waals surface area (Å²) in [5.74, 6) is 0. The van der Waals surface area contributed by atoms with Crippen molar-refractivity contribution in [3.63, 3.8) is 0 Å². The molecule has 18 rings (SSSR count). The highest BCUT2D eigenvalue weighted by atomic mass is 15.1. The molecule has 17 aromatic rings. The molecule has 3 heterocycles. The first kappa shape index (κ1) is 52.4. The van der Waals surface area contributed by atoms with Crippen LogP contribution in [0.25, 0.3) is 138 Å². The summed E-state index contributed by atoms with van der Waals surface area (Å²) >= 11 is 0. The van der Waals surface area contributed by atoms with Crippen LogP contribution in [0.3, 0.4) is 0 Å². The number of hydrogen-bond acceptors (Lipinski definition) is 1. The largest absolute Gasteiger partial charge is 0.310 e. The van der Waals surface area contributed by atoms with E-state index in [1.54, 1.807) is 0 Å². The molecule has 1 aliphatic carbocycles. The third-order valence-electron chi connectivity index (χ3n) is 19.5. The normalized spacial score (nSPS) is 12.6. The van der Waals surface area contributed by atoms with Gasteiger partial charge in [-0.05, 0) is 188 Å². The molecule has 4 nitrogen and oxygen atoms in total. The Morgan fingerprint density at radius 2 is 0.527 bits per heavy atom. The fraction of sp³-hybridized carbons (Fsp3) is 0.0345. The fourth-order valence-electron chi connectivity index (χ4n) is 15.0. The zero-order valence-electron chi connectivity index (χ0n) is 50.5. The average Bonchev–Trinajstić information content (AvgIpc) is 1.81. The van der Waals surface area contributed by atoms with Crippen LogP contribution < -0.4 is 4.90 Å². The molecule has 1 aliphatic rings. The lowest BCUT2D eigenvalue weighted by Crippen LogP contribution is -2.16. The molecule has 3 aromatic heterocycles. The molecule has 14 aromatic carbocycles. The van der Waals surface area contributed by atoms with Crippen LogP contribution in [-0.4, -0.2) is 13.7 Å². The van der Waals surface area contributed by atoms with Crippen LogP contribution >= 0.6 is 0 Å². The summed E-state index contributed by atoms with van der Waals surface area (Å²) in [7, 11) is 0. The Bertz CT molecular complexity index is 5690. The number of nitrogens with zero attached hydrogens (tertiary/aromatic N) is 4. The number of para-hydroxylation sites is 6. The minimum absolute atomic E-state index is 0.279. The minimum Gasteiger partial charge on any atom is -0.310 e. The number of rotatable bonds is 10.